The molecule has 0 atom stereocenters. The Morgan fingerprint density at radius 2 is 2.40 bits per heavy atom. The smallest absolute Gasteiger partial charge is 0.315 e. The molecule has 0 amide bonds. The van der Waals surface area contributed by atoms with Gasteiger partial charge in [0.05, 0.1) is 29.4 Å². The number of hydrogen-bond acceptors (Lipinski definition) is 6. The minimum absolute atomic E-state index is 0.00510. The van der Waals surface area contributed by atoms with Gasteiger partial charge in [0.25, 0.3) is 0 Å². The van der Waals surface area contributed by atoms with Gasteiger partial charge < -0.3 is 15.2 Å². The van der Waals surface area contributed by atoms with E-state index in [4.69, 9.17) is 4.74 Å². The predicted molar refractivity (Wildman–Crippen MR) is 77.4 cm³/mol. The SMILES string of the molecule is C[C@]1(O)C[C@@H](Nc2ncc(OCCBr)cc2[N+](=O)[O-])C1. The standard InChI is InChI=1S/C12H16BrN3O4/c1-12(17)5-8(6-12)15-11-10(16(18)19)4-9(7-14-11)20-3-2-13/h4,7-8,17H,2-3,5-6H2,1H3,(H,14,15)/t8-,12+. The first-order valence-corrected chi connectivity index (χ1v) is 7.35. The average molecular weight is 346 g/mol. The van der Waals surface area contributed by atoms with Gasteiger partial charge in [0, 0.05) is 11.4 Å². The Hall–Kier alpha value is -1.41. The molecule has 1 aliphatic rings. The number of hydrogen-bond donors (Lipinski definition) is 2. The summed E-state index contributed by atoms with van der Waals surface area (Å²) in [5, 5.41) is 24.4. The quantitative estimate of drug-likeness (QED) is 0.465. The molecule has 2 N–H and O–H groups in total. The molecule has 1 aliphatic carbocycles. The van der Waals surface area contributed by atoms with Crippen LogP contribution in [0.4, 0.5) is 11.5 Å². The number of nitro groups is 1. The molecule has 110 valence electrons. The monoisotopic (exact) mass is 345 g/mol. The molecule has 0 aliphatic heterocycles. The van der Waals surface area contributed by atoms with Crippen LogP contribution >= 0.6 is 15.9 Å². The number of halogens is 1. The molecule has 1 saturated carbocycles. The lowest BCUT2D eigenvalue weighted by molar-refractivity contribution is -0.384. The van der Waals surface area contributed by atoms with Crippen molar-refractivity contribution in [3.8, 4) is 5.75 Å². The third kappa shape index (κ3) is 3.57. The van der Waals surface area contributed by atoms with Crippen LogP contribution in [-0.2, 0) is 0 Å². The highest BCUT2D eigenvalue weighted by atomic mass is 79.9. The summed E-state index contributed by atoms with van der Waals surface area (Å²) in [4.78, 5) is 14.6. The van der Waals surface area contributed by atoms with E-state index < -0.39 is 10.5 Å². The number of rotatable bonds is 6. The number of pyridine rings is 1. The van der Waals surface area contributed by atoms with E-state index in [0.717, 1.165) is 0 Å². The van der Waals surface area contributed by atoms with Crippen LogP contribution in [0.1, 0.15) is 19.8 Å². The van der Waals surface area contributed by atoms with Crippen LogP contribution < -0.4 is 10.1 Å². The molecule has 1 aromatic heterocycles. The Bertz CT molecular complexity index is 501. The van der Waals surface area contributed by atoms with Gasteiger partial charge in [-0.15, -0.1) is 0 Å². The molecule has 0 spiro atoms. The van der Waals surface area contributed by atoms with Gasteiger partial charge in [-0.2, -0.15) is 0 Å². The Morgan fingerprint density at radius 3 is 2.95 bits per heavy atom. The van der Waals surface area contributed by atoms with Crippen LogP contribution in [0.5, 0.6) is 5.75 Å². The molecular formula is C12H16BrN3O4. The lowest BCUT2D eigenvalue weighted by atomic mass is 9.77. The average Bonchev–Trinajstić information content (AvgIpc) is 2.35. The van der Waals surface area contributed by atoms with Crippen molar-refractivity contribution in [3.63, 3.8) is 0 Å². The predicted octanol–water partition coefficient (Wildman–Crippen LogP) is 2.09. The topological polar surface area (TPSA) is 97.5 Å². The van der Waals surface area contributed by atoms with Crippen molar-refractivity contribution in [3.05, 3.63) is 22.4 Å². The zero-order chi connectivity index (χ0) is 14.8. The molecule has 0 saturated heterocycles. The Balaban J connectivity index is 2.10. The summed E-state index contributed by atoms with van der Waals surface area (Å²) in [7, 11) is 0. The highest BCUT2D eigenvalue weighted by Crippen LogP contribution is 2.35. The van der Waals surface area contributed by atoms with Gasteiger partial charge in [-0.3, -0.25) is 10.1 Å². The maximum Gasteiger partial charge on any atom is 0.315 e. The molecule has 1 aromatic rings. The van der Waals surface area contributed by atoms with Gasteiger partial charge in [-0.05, 0) is 19.8 Å². The van der Waals surface area contributed by atoms with Crippen molar-refractivity contribution >= 4 is 27.4 Å². The molecule has 0 radical (unpaired) electrons. The molecule has 20 heavy (non-hydrogen) atoms. The number of aromatic nitrogens is 1. The molecule has 1 fully saturated rings. The third-order valence-corrected chi connectivity index (χ3v) is 3.42. The molecule has 0 aromatic carbocycles. The Morgan fingerprint density at radius 1 is 1.70 bits per heavy atom. The molecule has 8 heteroatoms. The fourth-order valence-corrected chi connectivity index (χ4v) is 2.38. The lowest BCUT2D eigenvalue weighted by Crippen LogP contribution is -2.48. The van der Waals surface area contributed by atoms with E-state index in [1.165, 1.54) is 12.3 Å². The summed E-state index contributed by atoms with van der Waals surface area (Å²) in [5.41, 5.74) is -0.811. The fourth-order valence-electron chi connectivity index (χ4n) is 2.22. The zero-order valence-electron chi connectivity index (χ0n) is 11.0. The zero-order valence-corrected chi connectivity index (χ0v) is 12.6. The second-order valence-corrected chi connectivity index (χ2v) is 5.87. The van der Waals surface area contributed by atoms with Gasteiger partial charge in [0.15, 0.2) is 0 Å². The first kappa shape index (κ1) is 15.0. The number of aliphatic hydroxyl groups is 1. The van der Waals surface area contributed by atoms with E-state index in [1.54, 1.807) is 6.92 Å². The normalized spacial score (nSPS) is 24.9. The van der Waals surface area contributed by atoms with Gasteiger partial charge in [0.2, 0.25) is 5.82 Å². The van der Waals surface area contributed by atoms with Gasteiger partial charge in [0.1, 0.15) is 5.75 Å². The van der Waals surface area contributed by atoms with Crippen LogP contribution in [0, 0.1) is 10.1 Å². The Kier molecular flexibility index (Phi) is 4.44. The van der Waals surface area contributed by atoms with E-state index in [9.17, 15) is 15.2 Å². The van der Waals surface area contributed by atoms with Crippen molar-refractivity contribution in [2.75, 3.05) is 17.3 Å². The second-order valence-electron chi connectivity index (χ2n) is 5.08. The minimum Gasteiger partial charge on any atom is -0.491 e. The lowest BCUT2D eigenvalue weighted by Gasteiger charge is -2.41. The summed E-state index contributed by atoms with van der Waals surface area (Å²) in [6, 6.07) is 1.36. The fraction of sp³-hybridized carbons (Fsp3) is 0.583. The van der Waals surface area contributed by atoms with Crippen molar-refractivity contribution in [1.29, 1.82) is 0 Å². The summed E-state index contributed by atoms with van der Waals surface area (Å²) in [5.74, 6) is 0.573. The summed E-state index contributed by atoms with van der Waals surface area (Å²) in [6.07, 6.45) is 2.55. The summed E-state index contributed by atoms with van der Waals surface area (Å²) >= 11 is 3.21. The van der Waals surface area contributed by atoms with Crippen molar-refractivity contribution in [2.24, 2.45) is 0 Å². The summed E-state index contributed by atoms with van der Waals surface area (Å²) in [6.45, 7) is 2.15. The van der Waals surface area contributed by atoms with Crippen LogP contribution in [0.3, 0.4) is 0 Å². The van der Waals surface area contributed by atoms with E-state index in [-0.39, 0.29) is 17.5 Å². The van der Waals surface area contributed by atoms with Gasteiger partial charge >= 0.3 is 5.69 Å². The number of anilines is 1. The number of ether oxygens (including phenoxy) is 1. The molecule has 0 unspecified atom stereocenters. The molecular weight excluding hydrogens is 330 g/mol. The van der Waals surface area contributed by atoms with Gasteiger partial charge in [-0.25, -0.2) is 4.98 Å². The van der Waals surface area contributed by atoms with E-state index in [2.05, 4.69) is 26.2 Å². The van der Waals surface area contributed by atoms with Crippen LogP contribution in [0.15, 0.2) is 12.3 Å². The molecule has 0 bridgehead atoms. The summed E-state index contributed by atoms with van der Waals surface area (Å²) < 4.78 is 5.30. The maximum atomic E-state index is 11.1. The van der Waals surface area contributed by atoms with Crippen molar-refractivity contribution in [2.45, 2.75) is 31.4 Å². The number of alkyl halides is 1. The second kappa shape index (κ2) is 5.92. The first-order valence-electron chi connectivity index (χ1n) is 6.23. The van der Waals surface area contributed by atoms with Crippen LogP contribution in [-0.4, -0.2) is 38.6 Å². The number of nitrogens with one attached hydrogen (secondary N) is 1. The molecule has 7 nitrogen and oxygen atoms in total. The van der Waals surface area contributed by atoms with E-state index in [0.29, 0.717) is 30.5 Å². The van der Waals surface area contributed by atoms with Crippen molar-refractivity contribution in [1.82, 2.24) is 4.98 Å². The van der Waals surface area contributed by atoms with Crippen LogP contribution in [0.2, 0.25) is 0 Å². The van der Waals surface area contributed by atoms with E-state index >= 15 is 0 Å². The molecule has 2 rings (SSSR count). The highest BCUT2D eigenvalue weighted by molar-refractivity contribution is 9.09. The highest BCUT2D eigenvalue weighted by Gasteiger charge is 2.39. The minimum atomic E-state index is -0.689. The van der Waals surface area contributed by atoms with Crippen molar-refractivity contribution < 1.29 is 14.8 Å². The third-order valence-electron chi connectivity index (χ3n) is 3.10. The largest absolute Gasteiger partial charge is 0.491 e. The molecule has 1 heterocycles. The number of nitrogens with zero attached hydrogens (tertiary/aromatic N) is 2. The van der Waals surface area contributed by atoms with Gasteiger partial charge in [-0.1, -0.05) is 15.9 Å². The Labute approximate surface area is 124 Å². The first-order chi connectivity index (χ1) is 9.41. The van der Waals surface area contributed by atoms with E-state index in [1.807, 2.05) is 0 Å². The maximum absolute atomic E-state index is 11.1. The van der Waals surface area contributed by atoms with Crippen LogP contribution in [0.25, 0.3) is 0 Å².